The average molecular weight is 508 g/mol. The number of hydrogen-bond acceptors (Lipinski definition) is 6. The maximum absolute atomic E-state index is 13.1. The zero-order valence-electron chi connectivity index (χ0n) is 21.0. The van der Waals surface area contributed by atoms with E-state index in [1.807, 2.05) is 48.5 Å². The summed E-state index contributed by atoms with van der Waals surface area (Å²) in [5.74, 6) is -0.355. The highest BCUT2D eigenvalue weighted by Gasteiger charge is 2.51. The van der Waals surface area contributed by atoms with Gasteiger partial charge in [0, 0.05) is 5.56 Å². The van der Waals surface area contributed by atoms with Crippen LogP contribution in [0.4, 0.5) is 16.2 Å². The number of aryl methyl sites for hydroxylation is 1. The fourth-order valence-corrected chi connectivity index (χ4v) is 4.60. The molecule has 1 aromatic heterocycles. The SMILES string of the molecule is CCOC(=O)N(c1cccc(C#N)c1)c1c(-c2ccc(-c3ccc(C4(C(=O)O)CC4)cc3)cc2)noc1C. The fourth-order valence-electron chi connectivity index (χ4n) is 4.60. The van der Waals surface area contributed by atoms with Crippen molar-refractivity contribution >= 4 is 23.4 Å². The van der Waals surface area contributed by atoms with Crippen LogP contribution in [0.25, 0.3) is 22.4 Å². The van der Waals surface area contributed by atoms with Gasteiger partial charge in [0.1, 0.15) is 11.4 Å². The number of carboxylic acids is 1. The third-order valence-electron chi connectivity index (χ3n) is 6.83. The molecule has 8 heteroatoms. The number of nitriles is 1. The first-order valence-electron chi connectivity index (χ1n) is 12.3. The number of carbonyl (C=O) groups excluding carboxylic acids is 1. The quantitative estimate of drug-likeness (QED) is 0.299. The van der Waals surface area contributed by atoms with Crippen LogP contribution in [0.5, 0.6) is 0 Å². The van der Waals surface area contributed by atoms with Gasteiger partial charge in [-0.1, -0.05) is 59.8 Å². The normalized spacial score (nSPS) is 13.4. The number of hydrogen-bond donors (Lipinski definition) is 1. The summed E-state index contributed by atoms with van der Waals surface area (Å²) < 4.78 is 10.8. The minimum Gasteiger partial charge on any atom is -0.481 e. The smallest absolute Gasteiger partial charge is 0.419 e. The highest BCUT2D eigenvalue weighted by atomic mass is 16.6. The molecular weight excluding hydrogens is 482 g/mol. The monoisotopic (exact) mass is 507 g/mol. The third-order valence-corrected chi connectivity index (χ3v) is 6.83. The summed E-state index contributed by atoms with van der Waals surface area (Å²) >= 11 is 0. The molecule has 0 atom stereocenters. The summed E-state index contributed by atoms with van der Waals surface area (Å²) in [5, 5.41) is 23.1. The molecule has 1 fully saturated rings. The molecule has 1 saturated carbocycles. The number of aliphatic carboxylic acids is 1. The van der Waals surface area contributed by atoms with Crippen LogP contribution in [-0.2, 0) is 14.9 Å². The van der Waals surface area contributed by atoms with Gasteiger partial charge in [-0.05, 0) is 61.6 Å². The minimum atomic E-state index is -0.774. The summed E-state index contributed by atoms with van der Waals surface area (Å²) in [6, 6.07) is 24.1. The van der Waals surface area contributed by atoms with Crippen molar-refractivity contribution in [1.29, 1.82) is 5.26 Å². The van der Waals surface area contributed by atoms with Gasteiger partial charge in [-0.2, -0.15) is 5.26 Å². The van der Waals surface area contributed by atoms with Crippen LogP contribution >= 0.6 is 0 Å². The molecule has 0 bridgehead atoms. The number of ether oxygens (including phenoxy) is 1. The number of amides is 1. The third kappa shape index (κ3) is 4.39. The first-order chi connectivity index (χ1) is 18.4. The molecule has 8 nitrogen and oxygen atoms in total. The molecule has 1 N–H and O–H groups in total. The summed E-state index contributed by atoms with van der Waals surface area (Å²) in [6.07, 6.45) is 0.723. The van der Waals surface area contributed by atoms with E-state index < -0.39 is 17.5 Å². The Morgan fingerprint density at radius 1 is 1.05 bits per heavy atom. The second-order valence-electron chi connectivity index (χ2n) is 9.17. The zero-order chi connectivity index (χ0) is 26.9. The zero-order valence-corrected chi connectivity index (χ0v) is 21.0. The van der Waals surface area contributed by atoms with E-state index in [9.17, 15) is 20.0 Å². The molecule has 190 valence electrons. The second kappa shape index (κ2) is 9.87. The summed E-state index contributed by atoms with van der Waals surface area (Å²) in [5.41, 5.74) is 4.47. The van der Waals surface area contributed by atoms with Gasteiger partial charge in [-0.15, -0.1) is 0 Å². The van der Waals surface area contributed by atoms with E-state index >= 15 is 0 Å². The van der Waals surface area contributed by atoms with Gasteiger partial charge >= 0.3 is 12.1 Å². The van der Waals surface area contributed by atoms with E-state index in [1.54, 1.807) is 38.1 Å². The van der Waals surface area contributed by atoms with E-state index in [4.69, 9.17) is 9.26 Å². The second-order valence-corrected chi connectivity index (χ2v) is 9.17. The van der Waals surface area contributed by atoms with Crippen molar-refractivity contribution < 1.29 is 24.0 Å². The lowest BCUT2D eigenvalue weighted by atomic mass is 9.93. The standard InChI is InChI=1S/C30H25N3O5/c1-3-37-29(36)33(25-6-4-5-20(17-25)18-31)27-19(2)38-32-26(27)23-9-7-21(8-10-23)22-11-13-24(14-12-22)30(15-16-30)28(34)35/h4-14,17H,3,15-16H2,1-2H3,(H,34,35). The largest absolute Gasteiger partial charge is 0.481 e. The van der Waals surface area contributed by atoms with Crippen LogP contribution < -0.4 is 4.90 Å². The summed E-state index contributed by atoms with van der Waals surface area (Å²) in [6.45, 7) is 3.61. The van der Waals surface area contributed by atoms with Gasteiger partial charge in [0.2, 0.25) is 0 Å². The van der Waals surface area contributed by atoms with Crippen molar-refractivity contribution in [2.45, 2.75) is 32.1 Å². The Morgan fingerprint density at radius 3 is 2.26 bits per heavy atom. The van der Waals surface area contributed by atoms with Gasteiger partial charge in [-0.25, -0.2) is 9.69 Å². The molecule has 1 heterocycles. The number of anilines is 2. The Morgan fingerprint density at radius 2 is 1.68 bits per heavy atom. The van der Waals surface area contributed by atoms with Crippen molar-refractivity contribution in [1.82, 2.24) is 5.16 Å². The van der Waals surface area contributed by atoms with Crippen LogP contribution in [0.15, 0.2) is 77.3 Å². The molecule has 4 aromatic rings. The molecule has 1 aliphatic carbocycles. The van der Waals surface area contributed by atoms with Crippen LogP contribution in [0.1, 0.15) is 36.7 Å². The molecule has 3 aromatic carbocycles. The van der Waals surface area contributed by atoms with Gasteiger partial charge in [0.25, 0.3) is 0 Å². The van der Waals surface area contributed by atoms with E-state index in [0.717, 1.165) is 22.3 Å². The number of rotatable bonds is 7. The van der Waals surface area contributed by atoms with E-state index in [1.165, 1.54) is 4.90 Å². The van der Waals surface area contributed by atoms with Crippen molar-refractivity contribution in [2.75, 3.05) is 11.5 Å². The van der Waals surface area contributed by atoms with Crippen LogP contribution in [0.2, 0.25) is 0 Å². The Bertz CT molecular complexity index is 1540. The lowest BCUT2D eigenvalue weighted by molar-refractivity contribution is -0.140. The maximum atomic E-state index is 13.1. The molecule has 5 rings (SSSR count). The molecule has 0 aliphatic heterocycles. The average Bonchev–Trinajstić information content (AvgIpc) is 3.68. The summed E-state index contributed by atoms with van der Waals surface area (Å²) in [4.78, 5) is 26.1. The van der Waals surface area contributed by atoms with E-state index in [2.05, 4.69) is 11.2 Å². The number of benzene rings is 3. The predicted molar refractivity (Wildman–Crippen MR) is 141 cm³/mol. The number of carbonyl (C=O) groups is 2. The number of carboxylic acid groups (broad SMARTS) is 1. The maximum Gasteiger partial charge on any atom is 0.419 e. The lowest BCUT2D eigenvalue weighted by Gasteiger charge is -2.22. The molecule has 0 saturated heterocycles. The molecule has 0 unspecified atom stereocenters. The van der Waals surface area contributed by atoms with Crippen LogP contribution in [0.3, 0.4) is 0 Å². The minimum absolute atomic E-state index is 0.175. The van der Waals surface area contributed by atoms with Crippen molar-refractivity contribution in [2.24, 2.45) is 0 Å². The summed E-state index contributed by atoms with van der Waals surface area (Å²) in [7, 11) is 0. The predicted octanol–water partition coefficient (Wildman–Crippen LogP) is 6.60. The van der Waals surface area contributed by atoms with E-state index in [0.29, 0.717) is 41.2 Å². The molecule has 1 aliphatic rings. The Balaban J connectivity index is 1.49. The molecule has 0 radical (unpaired) electrons. The molecule has 1 amide bonds. The van der Waals surface area contributed by atoms with Crippen LogP contribution in [-0.4, -0.2) is 28.9 Å². The van der Waals surface area contributed by atoms with Crippen molar-refractivity contribution in [3.63, 3.8) is 0 Å². The van der Waals surface area contributed by atoms with Gasteiger partial charge < -0.3 is 14.4 Å². The van der Waals surface area contributed by atoms with Gasteiger partial charge in [0.15, 0.2) is 5.76 Å². The highest BCUT2D eigenvalue weighted by Crippen LogP contribution is 2.48. The number of nitrogens with zero attached hydrogens (tertiary/aromatic N) is 3. The molecular formula is C30H25N3O5. The van der Waals surface area contributed by atoms with Crippen molar-refractivity contribution in [3.05, 3.63) is 89.7 Å². The fraction of sp³-hybridized carbons (Fsp3) is 0.200. The van der Waals surface area contributed by atoms with E-state index in [-0.39, 0.29) is 6.61 Å². The Labute approximate surface area is 219 Å². The van der Waals surface area contributed by atoms with Crippen molar-refractivity contribution in [3.8, 4) is 28.5 Å². The first-order valence-corrected chi connectivity index (χ1v) is 12.3. The Hall–Kier alpha value is -4.90. The van der Waals surface area contributed by atoms with Gasteiger partial charge in [-0.3, -0.25) is 4.79 Å². The van der Waals surface area contributed by atoms with Gasteiger partial charge in [0.05, 0.1) is 29.3 Å². The molecule has 38 heavy (non-hydrogen) atoms. The Kier molecular flexibility index (Phi) is 6.43. The molecule has 0 spiro atoms. The first kappa shape index (κ1) is 24.8. The highest BCUT2D eigenvalue weighted by molar-refractivity contribution is 6.00. The number of aromatic nitrogens is 1. The topological polar surface area (TPSA) is 117 Å². The lowest BCUT2D eigenvalue weighted by Crippen LogP contribution is -2.27. The van der Waals surface area contributed by atoms with Crippen LogP contribution in [0, 0.1) is 18.3 Å².